The minimum Gasteiger partial charge on any atom is -0.482 e. The van der Waals surface area contributed by atoms with E-state index >= 15 is 0 Å². The van der Waals surface area contributed by atoms with Gasteiger partial charge in [0.2, 0.25) is 0 Å². The van der Waals surface area contributed by atoms with Crippen molar-refractivity contribution >= 4 is 40.7 Å². The van der Waals surface area contributed by atoms with Crippen LogP contribution in [0.1, 0.15) is 23.2 Å². The zero-order valence-corrected chi connectivity index (χ0v) is 16.6. The summed E-state index contributed by atoms with van der Waals surface area (Å²) in [5.41, 5.74) is 0.957. The first-order chi connectivity index (χ1) is 13.5. The van der Waals surface area contributed by atoms with Crippen LogP contribution in [0.2, 0.25) is 10.0 Å². The molecular weight excluding hydrogens is 403 g/mol. The molecule has 0 radical (unpaired) electrons. The van der Waals surface area contributed by atoms with Gasteiger partial charge in [-0.15, -0.1) is 0 Å². The predicted octanol–water partition coefficient (Wildman–Crippen LogP) is 3.92. The second-order valence-electron chi connectivity index (χ2n) is 6.34. The highest BCUT2D eigenvalue weighted by Crippen LogP contribution is 2.27. The van der Waals surface area contributed by atoms with E-state index in [9.17, 15) is 9.59 Å². The lowest BCUT2D eigenvalue weighted by atomic mass is 10.1. The molecule has 2 aromatic rings. The molecule has 1 aliphatic rings. The third-order valence-electron chi connectivity index (χ3n) is 4.18. The molecule has 0 aromatic heterocycles. The molecule has 0 saturated carbocycles. The third-order valence-corrected chi connectivity index (χ3v) is 4.71. The molecule has 0 spiro atoms. The van der Waals surface area contributed by atoms with Gasteiger partial charge in [0.25, 0.3) is 11.8 Å². The monoisotopic (exact) mass is 422 g/mol. The van der Waals surface area contributed by atoms with Gasteiger partial charge in [-0.25, -0.2) is 0 Å². The smallest absolute Gasteiger partial charge is 0.262 e. The van der Waals surface area contributed by atoms with Crippen LogP contribution < -0.4 is 15.4 Å². The number of nitrogens with one attached hydrogen (secondary N) is 2. The number of halogens is 2. The van der Waals surface area contributed by atoms with Gasteiger partial charge in [-0.3, -0.25) is 9.59 Å². The number of anilines is 1. The molecule has 1 fully saturated rings. The molecule has 1 aliphatic heterocycles. The number of hydrogen-bond acceptors (Lipinski definition) is 4. The van der Waals surface area contributed by atoms with Gasteiger partial charge in [0.05, 0.1) is 11.1 Å². The average molecular weight is 423 g/mol. The van der Waals surface area contributed by atoms with E-state index in [0.717, 1.165) is 19.4 Å². The zero-order valence-electron chi connectivity index (χ0n) is 15.0. The quantitative estimate of drug-likeness (QED) is 0.708. The predicted molar refractivity (Wildman–Crippen MR) is 108 cm³/mol. The van der Waals surface area contributed by atoms with Gasteiger partial charge in [-0.1, -0.05) is 29.3 Å². The van der Waals surface area contributed by atoms with Crippen LogP contribution in [0.5, 0.6) is 5.75 Å². The minimum absolute atomic E-state index is 0.0728. The molecule has 1 saturated heterocycles. The van der Waals surface area contributed by atoms with Crippen molar-refractivity contribution in [1.29, 1.82) is 0 Å². The Morgan fingerprint density at radius 3 is 2.79 bits per heavy atom. The molecular formula is C20H20Cl2N2O4. The van der Waals surface area contributed by atoms with Crippen molar-refractivity contribution in [3.05, 3.63) is 58.1 Å². The Hall–Kier alpha value is -2.28. The maximum Gasteiger partial charge on any atom is 0.262 e. The fraction of sp³-hybridized carbons (Fsp3) is 0.300. The fourth-order valence-corrected chi connectivity index (χ4v) is 3.25. The summed E-state index contributed by atoms with van der Waals surface area (Å²) in [4.78, 5) is 24.4. The largest absolute Gasteiger partial charge is 0.482 e. The van der Waals surface area contributed by atoms with E-state index in [1.165, 1.54) is 6.07 Å². The summed E-state index contributed by atoms with van der Waals surface area (Å²) in [5, 5.41) is 6.36. The van der Waals surface area contributed by atoms with E-state index in [-0.39, 0.29) is 24.5 Å². The first-order valence-corrected chi connectivity index (χ1v) is 9.64. The zero-order chi connectivity index (χ0) is 19.9. The number of hydrogen-bond donors (Lipinski definition) is 2. The Labute approximate surface area is 173 Å². The number of carbonyl (C=O) groups is 2. The van der Waals surface area contributed by atoms with Gasteiger partial charge in [-0.05, 0) is 49.2 Å². The molecule has 1 atom stereocenters. The lowest BCUT2D eigenvalue weighted by Crippen LogP contribution is -2.31. The van der Waals surface area contributed by atoms with Crippen molar-refractivity contribution in [1.82, 2.24) is 5.32 Å². The van der Waals surface area contributed by atoms with Crippen LogP contribution >= 0.6 is 23.2 Å². The van der Waals surface area contributed by atoms with Gasteiger partial charge in [0.15, 0.2) is 6.61 Å². The molecule has 8 heteroatoms. The fourth-order valence-electron chi connectivity index (χ4n) is 2.78. The summed E-state index contributed by atoms with van der Waals surface area (Å²) in [6, 6.07) is 11.4. The second-order valence-corrected chi connectivity index (χ2v) is 7.18. The molecule has 6 nitrogen and oxygen atoms in total. The number of carbonyl (C=O) groups excluding carboxylic acids is 2. The molecule has 0 bridgehead atoms. The Morgan fingerprint density at radius 2 is 2.04 bits per heavy atom. The average Bonchev–Trinajstić information content (AvgIpc) is 3.19. The highest BCUT2D eigenvalue weighted by atomic mass is 35.5. The van der Waals surface area contributed by atoms with E-state index in [1.54, 1.807) is 36.4 Å². The molecule has 0 aliphatic carbocycles. The maximum atomic E-state index is 12.3. The van der Waals surface area contributed by atoms with Crippen LogP contribution in [0.3, 0.4) is 0 Å². The van der Waals surface area contributed by atoms with Crippen LogP contribution in [-0.4, -0.2) is 37.7 Å². The number of amides is 2. The molecule has 1 unspecified atom stereocenters. The van der Waals surface area contributed by atoms with E-state index in [0.29, 0.717) is 33.6 Å². The van der Waals surface area contributed by atoms with Gasteiger partial charge in [0.1, 0.15) is 5.75 Å². The molecule has 2 aromatic carbocycles. The first-order valence-electron chi connectivity index (χ1n) is 8.89. The normalized spacial score (nSPS) is 15.9. The second kappa shape index (κ2) is 9.78. The maximum absolute atomic E-state index is 12.3. The van der Waals surface area contributed by atoms with Crippen molar-refractivity contribution in [2.24, 2.45) is 0 Å². The standard InChI is InChI=1S/C20H20Cl2N2O4/c21-14-6-7-18(17(22)10-14)28-12-19(25)24-15-4-1-3-13(9-15)20(26)23-11-16-5-2-8-27-16/h1,3-4,6-7,9-10,16H,2,5,8,11-12H2,(H,23,26)(H,24,25). The Morgan fingerprint density at radius 1 is 1.18 bits per heavy atom. The summed E-state index contributed by atoms with van der Waals surface area (Å²) < 4.78 is 10.9. The van der Waals surface area contributed by atoms with Crippen molar-refractivity contribution in [3.8, 4) is 5.75 Å². The summed E-state index contributed by atoms with van der Waals surface area (Å²) in [5.74, 6) is -0.220. The first kappa shape index (κ1) is 20.5. The van der Waals surface area contributed by atoms with Crippen molar-refractivity contribution in [2.45, 2.75) is 18.9 Å². The van der Waals surface area contributed by atoms with E-state index in [1.807, 2.05) is 0 Å². The van der Waals surface area contributed by atoms with Gasteiger partial charge < -0.3 is 20.1 Å². The molecule has 2 N–H and O–H groups in total. The highest BCUT2D eigenvalue weighted by molar-refractivity contribution is 6.35. The molecule has 3 rings (SSSR count). The van der Waals surface area contributed by atoms with Crippen LogP contribution in [0.4, 0.5) is 5.69 Å². The number of rotatable bonds is 7. The minimum atomic E-state index is -0.372. The molecule has 2 amide bonds. The van der Waals surface area contributed by atoms with E-state index < -0.39 is 0 Å². The Bertz CT molecular complexity index is 854. The summed E-state index contributed by atoms with van der Waals surface area (Å²) in [6.45, 7) is 0.993. The SMILES string of the molecule is O=C(COc1ccc(Cl)cc1Cl)Nc1cccc(C(=O)NCC2CCCO2)c1. The Balaban J connectivity index is 1.51. The van der Waals surface area contributed by atoms with Crippen molar-refractivity contribution in [2.75, 3.05) is 25.1 Å². The van der Waals surface area contributed by atoms with Gasteiger partial charge in [-0.2, -0.15) is 0 Å². The Kier molecular flexibility index (Phi) is 7.14. The number of ether oxygens (including phenoxy) is 2. The molecule has 1 heterocycles. The summed E-state index contributed by atoms with van der Waals surface area (Å²) >= 11 is 11.8. The lowest BCUT2D eigenvalue weighted by molar-refractivity contribution is -0.118. The summed E-state index contributed by atoms with van der Waals surface area (Å²) in [7, 11) is 0. The van der Waals surface area contributed by atoms with Crippen molar-refractivity contribution < 1.29 is 19.1 Å². The molecule has 148 valence electrons. The number of benzene rings is 2. The highest BCUT2D eigenvalue weighted by Gasteiger charge is 2.17. The topological polar surface area (TPSA) is 76.7 Å². The van der Waals surface area contributed by atoms with Crippen LogP contribution in [0.25, 0.3) is 0 Å². The van der Waals surface area contributed by atoms with E-state index in [4.69, 9.17) is 32.7 Å². The van der Waals surface area contributed by atoms with Gasteiger partial charge in [0, 0.05) is 29.4 Å². The third kappa shape index (κ3) is 5.86. The summed E-state index contributed by atoms with van der Waals surface area (Å²) in [6.07, 6.45) is 2.04. The molecule has 28 heavy (non-hydrogen) atoms. The van der Waals surface area contributed by atoms with Crippen LogP contribution in [0, 0.1) is 0 Å². The van der Waals surface area contributed by atoms with Crippen molar-refractivity contribution in [3.63, 3.8) is 0 Å². The van der Waals surface area contributed by atoms with Crippen LogP contribution in [0.15, 0.2) is 42.5 Å². The lowest BCUT2D eigenvalue weighted by Gasteiger charge is -2.12. The van der Waals surface area contributed by atoms with E-state index in [2.05, 4.69) is 10.6 Å². The van der Waals surface area contributed by atoms with Gasteiger partial charge >= 0.3 is 0 Å². The van der Waals surface area contributed by atoms with Crippen LogP contribution in [-0.2, 0) is 9.53 Å².